The Bertz CT molecular complexity index is 820. The highest BCUT2D eigenvalue weighted by Crippen LogP contribution is 2.28. The van der Waals surface area contributed by atoms with Gasteiger partial charge in [0.2, 0.25) is 5.91 Å². The molecule has 0 bridgehead atoms. The van der Waals surface area contributed by atoms with Crippen LogP contribution in [0.15, 0.2) is 53.0 Å². The van der Waals surface area contributed by atoms with Crippen LogP contribution in [-0.2, 0) is 9.59 Å². The molecule has 0 radical (unpaired) electrons. The van der Waals surface area contributed by atoms with Crippen molar-refractivity contribution < 1.29 is 19.5 Å². The van der Waals surface area contributed by atoms with Gasteiger partial charge >= 0.3 is 5.97 Å². The van der Waals surface area contributed by atoms with Crippen LogP contribution in [0.5, 0.6) is 0 Å². The summed E-state index contributed by atoms with van der Waals surface area (Å²) >= 11 is 3.39. The molecule has 0 aromatic heterocycles. The number of halogens is 1. The number of benzene rings is 2. The summed E-state index contributed by atoms with van der Waals surface area (Å²) in [7, 11) is 0. The first-order valence-electron chi connectivity index (χ1n) is 7.18. The van der Waals surface area contributed by atoms with Crippen LogP contribution in [0.25, 0.3) is 0 Å². The van der Waals surface area contributed by atoms with E-state index in [1.165, 1.54) is 24.3 Å². The topological polar surface area (TPSA) is 86.7 Å². The molecule has 24 heavy (non-hydrogen) atoms. The van der Waals surface area contributed by atoms with Gasteiger partial charge in [0.1, 0.15) is 6.04 Å². The molecule has 1 saturated heterocycles. The van der Waals surface area contributed by atoms with E-state index in [0.717, 1.165) is 15.1 Å². The van der Waals surface area contributed by atoms with E-state index >= 15 is 0 Å². The predicted molar refractivity (Wildman–Crippen MR) is 92.1 cm³/mol. The van der Waals surface area contributed by atoms with E-state index in [9.17, 15) is 14.4 Å². The van der Waals surface area contributed by atoms with Gasteiger partial charge in [0, 0.05) is 10.2 Å². The first-order chi connectivity index (χ1) is 11.5. The molecule has 2 aromatic carbocycles. The zero-order valence-electron chi connectivity index (χ0n) is 12.4. The number of nitrogens with zero attached hydrogens (tertiary/aromatic N) is 1. The highest BCUT2D eigenvalue weighted by molar-refractivity contribution is 9.10. The van der Waals surface area contributed by atoms with Gasteiger partial charge in [-0.3, -0.25) is 9.59 Å². The fraction of sp³-hybridized carbons (Fsp3) is 0.118. The normalized spacial score (nSPS) is 17.2. The van der Waals surface area contributed by atoms with Gasteiger partial charge < -0.3 is 10.4 Å². The molecule has 0 unspecified atom stereocenters. The molecular weight excluding hydrogens is 376 g/mol. The fourth-order valence-corrected chi connectivity index (χ4v) is 2.93. The van der Waals surface area contributed by atoms with Gasteiger partial charge in [0.15, 0.2) is 0 Å². The Morgan fingerprint density at radius 3 is 2.42 bits per heavy atom. The molecular formula is C17H13BrN2O4. The van der Waals surface area contributed by atoms with Crippen LogP contribution >= 0.6 is 15.9 Å². The summed E-state index contributed by atoms with van der Waals surface area (Å²) in [6.07, 6.45) is 0.0425. The van der Waals surface area contributed by atoms with E-state index in [-0.39, 0.29) is 23.8 Å². The minimum atomic E-state index is -1.06. The molecule has 2 N–H and O–H groups in total. The second kappa shape index (κ2) is 6.45. The molecule has 1 aliphatic rings. The van der Waals surface area contributed by atoms with Crippen molar-refractivity contribution in [2.24, 2.45) is 0 Å². The van der Waals surface area contributed by atoms with Crippen molar-refractivity contribution in [3.63, 3.8) is 0 Å². The summed E-state index contributed by atoms with van der Waals surface area (Å²) in [6.45, 7) is 0. The van der Waals surface area contributed by atoms with E-state index in [1.807, 2.05) is 24.3 Å². The number of para-hydroxylation sites is 1. The Morgan fingerprint density at radius 2 is 1.79 bits per heavy atom. The van der Waals surface area contributed by atoms with Crippen LogP contribution < -0.4 is 10.2 Å². The first-order valence-corrected chi connectivity index (χ1v) is 7.98. The van der Waals surface area contributed by atoms with Crippen LogP contribution in [0.1, 0.15) is 16.8 Å². The molecule has 1 aliphatic heterocycles. The molecule has 2 aromatic rings. The predicted octanol–water partition coefficient (Wildman–Crippen LogP) is 2.89. The summed E-state index contributed by atoms with van der Waals surface area (Å²) in [5, 5.41) is 12.0. The Labute approximate surface area is 146 Å². The lowest BCUT2D eigenvalue weighted by Gasteiger charge is -2.16. The maximum absolute atomic E-state index is 12.6. The summed E-state index contributed by atoms with van der Waals surface area (Å²) in [4.78, 5) is 36.8. The number of hydrogen-bond donors (Lipinski definition) is 2. The van der Waals surface area contributed by atoms with Gasteiger partial charge in [-0.2, -0.15) is 0 Å². The highest BCUT2D eigenvalue weighted by Gasteiger charge is 2.39. The Kier molecular flexibility index (Phi) is 4.35. The Hall–Kier alpha value is -2.67. The molecule has 0 spiro atoms. The van der Waals surface area contributed by atoms with Gasteiger partial charge in [-0.15, -0.1) is 0 Å². The van der Waals surface area contributed by atoms with Crippen molar-refractivity contribution in [1.82, 2.24) is 0 Å². The number of nitrogens with one attached hydrogen (secondary N) is 1. The van der Waals surface area contributed by atoms with Crippen LogP contribution in [0.3, 0.4) is 0 Å². The maximum Gasteiger partial charge on any atom is 0.335 e. The average molecular weight is 389 g/mol. The minimum Gasteiger partial charge on any atom is -0.478 e. The third kappa shape index (κ3) is 3.03. The third-order valence-corrected chi connectivity index (χ3v) is 4.41. The maximum atomic E-state index is 12.6. The average Bonchev–Trinajstić information content (AvgIpc) is 2.84. The summed E-state index contributed by atoms with van der Waals surface area (Å²) in [6, 6.07) is 12.3. The van der Waals surface area contributed by atoms with E-state index < -0.39 is 12.0 Å². The number of hydrogen-bond acceptors (Lipinski definition) is 4. The number of carbonyl (C=O) groups is 3. The Morgan fingerprint density at radius 1 is 1.12 bits per heavy atom. The van der Waals surface area contributed by atoms with Crippen molar-refractivity contribution in [2.45, 2.75) is 12.5 Å². The number of carboxylic acids is 1. The van der Waals surface area contributed by atoms with Gasteiger partial charge in [0.05, 0.1) is 17.7 Å². The molecule has 0 saturated carbocycles. The van der Waals surface area contributed by atoms with E-state index in [4.69, 9.17) is 5.11 Å². The monoisotopic (exact) mass is 388 g/mol. The smallest absolute Gasteiger partial charge is 0.335 e. The third-order valence-electron chi connectivity index (χ3n) is 3.72. The van der Waals surface area contributed by atoms with Crippen LogP contribution in [0.4, 0.5) is 11.4 Å². The number of rotatable bonds is 4. The van der Waals surface area contributed by atoms with Gasteiger partial charge in [-0.25, -0.2) is 9.69 Å². The molecule has 122 valence electrons. The molecule has 1 heterocycles. The second-order valence-corrected chi connectivity index (χ2v) is 6.15. The summed E-state index contributed by atoms with van der Waals surface area (Å²) in [5.41, 5.74) is 1.19. The number of amides is 2. The van der Waals surface area contributed by atoms with Crippen LogP contribution in [0, 0.1) is 0 Å². The summed E-state index contributed by atoms with van der Waals surface area (Å²) < 4.78 is 0.800. The van der Waals surface area contributed by atoms with Gasteiger partial charge in [0.25, 0.3) is 5.91 Å². The van der Waals surface area contributed by atoms with Crippen molar-refractivity contribution in [3.8, 4) is 0 Å². The Balaban J connectivity index is 1.81. The van der Waals surface area contributed by atoms with Gasteiger partial charge in [-0.1, -0.05) is 12.1 Å². The number of aromatic carboxylic acids is 1. The van der Waals surface area contributed by atoms with Gasteiger partial charge in [-0.05, 0) is 52.3 Å². The van der Waals surface area contributed by atoms with E-state index in [0.29, 0.717) is 5.69 Å². The molecule has 7 heteroatoms. The van der Waals surface area contributed by atoms with E-state index in [2.05, 4.69) is 21.2 Å². The highest BCUT2D eigenvalue weighted by atomic mass is 79.9. The largest absolute Gasteiger partial charge is 0.478 e. The van der Waals surface area contributed by atoms with Crippen molar-refractivity contribution >= 4 is 45.1 Å². The molecule has 2 amide bonds. The van der Waals surface area contributed by atoms with Crippen LogP contribution in [0.2, 0.25) is 0 Å². The molecule has 1 fully saturated rings. The lowest BCUT2D eigenvalue weighted by molar-refractivity contribution is -0.121. The van der Waals surface area contributed by atoms with Crippen molar-refractivity contribution in [2.75, 3.05) is 10.2 Å². The molecule has 1 atom stereocenters. The van der Waals surface area contributed by atoms with E-state index in [1.54, 1.807) is 0 Å². The van der Waals surface area contributed by atoms with Crippen molar-refractivity contribution in [1.29, 1.82) is 0 Å². The first kappa shape index (κ1) is 16.2. The standard InChI is InChI=1S/C17H13BrN2O4/c18-12-3-1-2-4-13(12)19-14-9-15(21)20(16(14)22)11-7-5-10(6-8-11)17(23)24/h1-8,14,19H,9H2,(H,23,24)/t14-/m1/s1. The molecule has 6 nitrogen and oxygen atoms in total. The molecule has 3 rings (SSSR count). The fourth-order valence-electron chi connectivity index (χ4n) is 2.54. The number of imide groups is 1. The number of carboxylic acid groups (broad SMARTS) is 1. The zero-order chi connectivity index (χ0) is 17.3. The minimum absolute atomic E-state index is 0.0425. The quantitative estimate of drug-likeness (QED) is 0.786. The second-order valence-electron chi connectivity index (χ2n) is 5.30. The summed E-state index contributed by atoms with van der Waals surface area (Å²) in [5.74, 6) is -1.75. The number of carbonyl (C=O) groups excluding carboxylic acids is 2. The molecule has 0 aliphatic carbocycles. The van der Waals surface area contributed by atoms with Crippen LogP contribution in [-0.4, -0.2) is 28.9 Å². The van der Waals surface area contributed by atoms with Crippen molar-refractivity contribution in [3.05, 3.63) is 58.6 Å². The lowest BCUT2D eigenvalue weighted by Crippen LogP contribution is -2.34. The zero-order valence-corrected chi connectivity index (χ0v) is 14.0. The lowest BCUT2D eigenvalue weighted by atomic mass is 10.2. The SMILES string of the molecule is O=C(O)c1ccc(N2C(=O)C[C@@H](Nc3ccccc3Br)C2=O)cc1. The number of anilines is 2.